The van der Waals surface area contributed by atoms with Crippen LogP contribution >= 0.6 is 11.3 Å². The van der Waals surface area contributed by atoms with Gasteiger partial charge in [0.05, 0.1) is 24.7 Å². The normalized spacial score (nSPS) is 10.8. The van der Waals surface area contributed by atoms with Crippen LogP contribution in [0.2, 0.25) is 0 Å². The molecule has 0 fully saturated rings. The van der Waals surface area contributed by atoms with E-state index in [0.717, 1.165) is 4.70 Å². The second-order valence-corrected chi connectivity index (χ2v) is 5.78. The number of hydrogen-bond donors (Lipinski definition) is 0. The summed E-state index contributed by atoms with van der Waals surface area (Å²) < 4.78 is 11.9. The largest absolute Gasteiger partial charge is 0.497 e. The summed E-state index contributed by atoms with van der Waals surface area (Å²) in [6.07, 6.45) is 0. The minimum atomic E-state index is -0.508. The molecule has 1 aromatic heterocycles. The number of rotatable bonds is 3. The third-order valence-corrected chi connectivity index (χ3v) is 4.50. The van der Waals surface area contributed by atoms with E-state index in [1.807, 2.05) is 18.2 Å². The predicted molar refractivity (Wildman–Crippen MR) is 88.1 cm³/mol. The van der Waals surface area contributed by atoms with Crippen molar-refractivity contribution in [3.05, 3.63) is 52.2 Å². The van der Waals surface area contributed by atoms with E-state index >= 15 is 0 Å². The lowest BCUT2D eigenvalue weighted by molar-refractivity contribution is 0.0528. The van der Waals surface area contributed by atoms with Crippen molar-refractivity contribution in [2.24, 2.45) is 0 Å². The van der Waals surface area contributed by atoms with Gasteiger partial charge in [-0.05, 0) is 31.2 Å². The lowest BCUT2D eigenvalue weighted by Gasteiger charge is -2.09. The Morgan fingerprint density at radius 3 is 2.68 bits per heavy atom. The molecular weight excluding hydrogens is 300 g/mol. The molecule has 4 nitrogen and oxygen atoms in total. The van der Waals surface area contributed by atoms with Crippen LogP contribution in [0.4, 0.5) is 0 Å². The third-order valence-electron chi connectivity index (χ3n) is 3.39. The van der Waals surface area contributed by atoms with Gasteiger partial charge in [-0.3, -0.25) is 4.79 Å². The molecule has 22 heavy (non-hydrogen) atoms. The highest BCUT2D eigenvalue weighted by Crippen LogP contribution is 2.30. The van der Waals surface area contributed by atoms with Crippen molar-refractivity contribution in [3.63, 3.8) is 0 Å². The number of fused-ring (bicyclic) bond motifs is 2. The molecule has 0 saturated heterocycles. The van der Waals surface area contributed by atoms with E-state index in [-0.39, 0.29) is 17.6 Å². The van der Waals surface area contributed by atoms with Crippen LogP contribution < -0.4 is 10.2 Å². The topological polar surface area (TPSA) is 52.6 Å². The molecule has 0 aliphatic carbocycles. The first-order valence-corrected chi connectivity index (χ1v) is 7.68. The molecule has 0 aliphatic heterocycles. The molecule has 0 saturated carbocycles. The first-order chi connectivity index (χ1) is 10.7. The number of carbonyl (C=O) groups is 1. The van der Waals surface area contributed by atoms with Crippen molar-refractivity contribution >= 4 is 37.5 Å². The lowest BCUT2D eigenvalue weighted by atomic mass is 10.1. The Balaban J connectivity index is 2.44. The summed E-state index contributed by atoms with van der Waals surface area (Å²) in [5.74, 6) is 0.0208. The zero-order chi connectivity index (χ0) is 15.7. The standard InChI is InChI=1S/C17H14O4S/c1-3-21-17(19)12-8-10(20-2)9-14-15(12)16(18)11-6-4-5-7-13(11)22-14/h4-9H,3H2,1-2H3. The number of methoxy groups -OCH3 is 1. The summed E-state index contributed by atoms with van der Waals surface area (Å²) in [7, 11) is 1.53. The molecule has 3 aromatic rings. The minimum absolute atomic E-state index is 0.157. The van der Waals surface area contributed by atoms with Gasteiger partial charge >= 0.3 is 5.97 Å². The van der Waals surface area contributed by atoms with Crippen molar-refractivity contribution < 1.29 is 14.3 Å². The Morgan fingerprint density at radius 2 is 1.95 bits per heavy atom. The van der Waals surface area contributed by atoms with Crippen molar-refractivity contribution in [2.45, 2.75) is 6.92 Å². The SMILES string of the molecule is CCOC(=O)c1cc(OC)cc2sc3ccccc3c(=O)c12. The van der Waals surface area contributed by atoms with Crippen molar-refractivity contribution in [2.75, 3.05) is 13.7 Å². The summed E-state index contributed by atoms with van der Waals surface area (Å²) in [6.45, 7) is 1.99. The molecular formula is C17H14O4S. The highest BCUT2D eigenvalue weighted by atomic mass is 32.1. The highest BCUT2D eigenvalue weighted by Gasteiger charge is 2.18. The van der Waals surface area contributed by atoms with Crippen LogP contribution in [0.25, 0.3) is 20.2 Å². The Bertz CT molecular complexity index is 927. The molecule has 0 N–H and O–H groups in total. The van der Waals surface area contributed by atoms with Crippen LogP contribution in [0.15, 0.2) is 41.2 Å². The first-order valence-electron chi connectivity index (χ1n) is 6.86. The van der Waals surface area contributed by atoms with Gasteiger partial charge < -0.3 is 9.47 Å². The fourth-order valence-electron chi connectivity index (χ4n) is 2.39. The van der Waals surface area contributed by atoms with Gasteiger partial charge in [0.2, 0.25) is 0 Å². The predicted octanol–water partition coefficient (Wildman–Crippen LogP) is 3.60. The van der Waals surface area contributed by atoms with E-state index in [4.69, 9.17) is 9.47 Å². The quantitative estimate of drug-likeness (QED) is 0.547. The second-order valence-electron chi connectivity index (χ2n) is 4.70. The average Bonchev–Trinajstić information content (AvgIpc) is 2.54. The fourth-order valence-corrected chi connectivity index (χ4v) is 3.52. The summed E-state index contributed by atoms with van der Waals surface area (Å²) >= 11 is 1.46. The van der Waals surface area contributed by atoms with Gasteiger partial charge in [-0.25, -0.2) is 4.79 Å². The molecule has 0 unspecified atom stereocenters. The van der Waals surface area contributed by atoms with Gasteiger partial charge in [0.15, 0.2) is 5.43 Å². The zero-order valence-corrected chi connectivity index (χ0v) is 13.0. The summed E-state index contributed by atoms with van der Waals surface area (Å²) in [4.78, 5) is 25.0. The number of benzene rings is 2. The Kier molecular flexibility index (Phi) is 3.81. The van der Waals surface area contributed by atoms with Crippen LogP contribution in [0, 0.1) is 0 Å². The molecule has 0 aliphatic rings. The minimum Gasteiger partial charge on any atom is -0.497 e. The maximum Gasteiger partial charge on any atom is 0.339 e. The summed E-state index contributed by atoms with van der Waals surface area (Å²) in [5.41, 5.74) is 0.0956. The van der Waals surface area contributed by atoms with Gasteiger partial charge in [-0.15, -0.1) is 11.3 Å². The molecule has 2 aromatic carbocycles. The lowest BCUT2D eigenvalue weighted by Crippen LogP contribution is -2.11. The molecule has 1 heterocycles. The van der Waals surface area contributed by atoms with Crippen LogP contribution in [0.1, 0.15) is 17.3 Å². The highest BCUT2D eigenvalue weighted by molar-refractivity contribution is 7.24. The van der Waals surface area contributed by atoms with Crippen LogP contribution in [-0.2, 0) is 4.74 Å². The van der Waals surface area contributed by atoms with Gasteiger partial charge in [0.1, 0.15) is 5.75 Å². The number of ether oxygens (including phenoxy) is 2. The van der Waals surface area contributed by atoms with Crippen LogP contribution in [0.5, 0.6) is 5.75 Å². The Hall–Kier alpha value is -2.40. The number of carbonyl (C=O) groups excluding carboxylic acids is 1. The van der Waals surface area contributed by atoms with Crippen LogP contribution in [0.3, 0.4) is 0 Å². The van der Waals surface area contributed by atoms with Crippen LogP contribution in [-0.4, -0.2) is 19.7 Å². The van der Waals surface area contributed by atoms with E-state index in [1.54, 1.807) is 25.1 Å². The van der Waals surface area contributed by atoms with Gasteiger partial charge in [-0.1, -0.05) is 12.1 Å². The number of esters is 1. The van der Waals surface area contributed by atoms with E-state index in [0.29, 0.717) is 21.2 Å². The molecule has 0 atom stereocenters. The van der Waals surface area contributed by atoms with E-state index in [2.05, 4.69) is 0 Å². The zero-order valence-electron chi connectivity index (χ0n) is 12.2. The van der Waals surface area contributed by atoms with Crippen molar-refractivity contribution in [1.29, 1.82) is 0 Å². The average molecular weight is 314 g/mol. The summed E-state index contributed by atoms with van der Waals surface area (Å²) in [5, 5.41) is 0.999. The molecule has 3 rings (SSSR count). The van der Waals surface area contributed by atoms with E-state index in [9.17, 15) is 9.59 Å². The van der Waals surface area contributed by atoms with E-state index in [1.165, 1.54) is 18.4 Å². The second kappa shape index (κ2) is 5.77. The van der Waals surface area contributed by atoms with Gasteiger partial charge in [0, 0.05) is 14.8 Å². The smallest absolute Gasteiger partial charge is 0.339 e. The maximum atomic E-state index is 12.8. The summed E-state index contributed by atoms with van der Waals surface area (Å²) in [6, 6.07) is 10.7. The monoisotopic (exact) mass is 314 g/mol. The van der Waals surface area contributed by atoms with E-state index < -0.39 is 5.97 Å². The molecule has 0 bridgehead atoms. The first kappa shape index (κ1) is 14.5. The molecule has 0 radical (unpaired) electrons. The molecule has 112 valence electrons. The molecule has 0 amide bonds. The third kappa shape index (κ3) is 2.33. The Labute approximate surface area is 130 Å². The molecule has 0 spiro atoms. The Morgan fingerprint density at radius 1 is 1.18 bits per heavy atom. The van der Waals surface area contributed by atoms with Gasteiger partial charge in [0.25, 0.3) is 0 Å². The fraction of sp³-hybridized carbons (Fsp3) is 0.176. The maximum absolute atomic E-state index is 12.8. The van der Waals surface area contributed by atoms with Gasteiger partial charge in [-0.2, -0.15) is 0 Å². The number of hydrogen-bond acceptors (Lipinski definition) is 5. The van der Waals surface area contributed by atoms with Crippen molar-refractivity contribution in [3.8, 4) is 5.75 Å². The van der Waals surface area contributed by atoms with Crippen molar-refractivity contribution in [1.82, 2.24) is 0 Å². The molecule has 5 heteroatoms.